The maximum atomic E-state index is 5.36. The number of ether oxygens (including phenoxy) is 1. The molecule has 0 aromatic heterocycles. The van der Waals surface area contributed by atoms with Crippen LogP contribution in [-0.2, 0) is 4.74 Å². The van der Waals surface area contributed by atoms with Crippen molar-refractivity contribution in [1.29, 1.82) is 0 Å². The lowest BCUT2D eigenvalue weighted by atomic mass is 10.2. The van der Waals surface area contributed by atoms with Gasteiger partial charge in [0.25, 0.3) is 0 Å². The predicted molar refractivity (Wildman–Crippen MR) is 89.9 cm³/mol. The summed E-state index contributed by atoms with van der Waals surface area (Å²) in [5.74, 6) is 1.02. The van der Waals surface area contributed by atoms with Crippen LogP contribution in [0.15, 0.2) is 21.4 Å². The Labute approximate surface area is 129 Å². The standard InChI is InChI=1S/C16H30N4O/c1-7-10-20(8-2)15-13(3)9-11-19(5)12-14(4)17-16(18-15)21-6/h7-12H2,1-6H3/b15-13-,17-14+,18-16+. The highest BCUT2D eigenvalue weighted by Crippen LogP contribution is 2.17. The number of amidine groups is 1. The molecular weight excluding hydrogens is 264 g/mol. The van der Waals surface area contributed by atoms with Gasteiger partial charge in [-0.25, -0.2) is 4.99 Å². The smallest absolute Gasteiger partial charge is 0.318 e. The molecule has 5 heteroatoms. The molecule has 0 aliphatic carbocycles. The minimum atomic E-state index is 0.451. The van der Waals surface area contributed by atoms with E-state index in [-0.39, 0.29) is 0 Å². The summed E-state index contributed by atoms with van der Waals surface area (Å²) in [7, 11) is 3.76. The van der Waals surface area contributed by atoms with Gasteiger partial charge < -0.3 is 14.5 Å². The summed E-state index contributed by atoms with van der Waals surface area (Å²) >= 11 is 0. The molecule has 1 heterocycles. The molecule has 0 spiro atoms. The van der Waals surface area contributed by atoms with Gasteiger partial charge in [-0.2, -0.15) is 4.99 Å². The van der Waals surface area contributed by atoms with Gasteiger partial charge in [0, 0.05) is 31.9 Å². The van der Waals surface area contributed by atoms with E-state index in [0.717, 1.165) is 50.6 Å². The molecule has 0 radical (unpaired) electrons. The molecule has 21 heavy (non-hydrogen) atoms. The van der Waals surface area contributed by atoms with Gasteiger partial charge in [-0.05, 0) is 46.2 Å². The third-order valence-electron chi connectivity index (χ3n) is 3.59. The highest BCUT2D eigenvalue weighted by atomic mass is 16.5. The predicted octanol–water partition coefficient (Wildman–Crippen LogP) is 2.75. The van der Waals surface area contributed by atoms with Crippen LogP contribution in [0.25, 0.3) is 0 Å². The van der Waals surface area contributed by atoms with Crippen molar-refractivity contribution in [3.63, 3.8) is 0 Å². The van der Waals surface area contributed by atoms with Crippen LogP contribution in [-0.4, -0.2) is 61.9 Å². The zero-order chi connectivity index (χ0) is 15.8. The van der Waals surface area contributed by atoms with Crippen LogP contribution < -0.4 is 0 Å². The van der Waals surface area contributed by atoms with E-state index in [2.05, 4.69) is 42.6 Å². The molecule has 5 nitrogen and oxygen atoms in total. The van der Waals surface area contributed by atoms with E-state index >= 15 is 0 Å². The zero-order valence-electron chi connectivity index (χ0n) is 14.4. The third-order valence-corrected chi connectivity index (χ3v) is 3.59. The van der Waals surface area contributed by atoms with Gasteiger partial charge in [-0.3, -0.25) is 0 Å². The van der Waals surface area contributed by atoms with E-state index in [9.17, 15) is 0 Å². The Kier molecular flexibility index (Phi) is 7.43. The fourth-order valence-corrected chi connectivity index (χ4v) is 2.47. The molecule has 0 unspecified atom stereocenters. The Bertz CT molecular complexity index is 426. The summed E-state index contributed by atoms with van der Waals surface area (Å²) in [5, 5.41) is 0. The Balaban J connectivity index is 3.24. The van der Waals surface area contributed by atoms with Crippen molar-refractivity contribution in [2.75, 3.05) is 40.3 Å². The minimum absolute atomic E-state index is 0.451. The summed E-state index contributed by atoms with van der Waals surface area (Å²) in [4.78, 5) is 13.8. The van der Waals surface area contributed by atoms with Crippen molar-refractivity contribution >= 4 is 11.7 Å². The molecule has 0 atom stereocenters. The van der Waals surface area contributed by atoms with E-state index in [0.29, 0.717) is 6.02 Å². The second-order valence-corrected chi connectivity index (χ2v) is 5.62. The summed E-state index contributed by atoms with van der Waals surface area (Å²) in [6.07, 6.45) is 2.12. The molecule has 0 aromatic rings. The van der Waals surface area contributed by atoms with E-state index in [1.807, 2.05) is 6.92 Å². The average molecular weight is 294 g/mol. The third kappa shape index (κ3) is 5.50. The highest BCUT2D eigenvalue weighted by Gasteiger charge is 2.14. The van der Waals surface area contributed by atoms with E-state index < -0.39 is 0 Å². The minimum Gasteiger partial charge on any atom is -0.467 e. The molecule has 0 saturated heterocycles. The van der Waals surface area contributed by atoms with Crippen LogP contribution in [0.4, 0.5) is 0 Å². The summed E-state index contributed by atoms with van der Waals surface area (Å²) in [6, 6.07) is 0.451. The normalized spacial score (nSPS) is 26.6. The molecule has 1 aliphatic heterocycles. The lowest BCUT2D eigenvalue weighted by molar-refractivity contribution is 0.337. The first-order valence-corrected chi connectivity index (χ1v) is 7.81. The topological polar surface area (TPSA) is 40.4 Å². The van der Waals surface area contributed by atoms with Gasteiger partial charge in [-0.1, -0.05) is 6.92 Å². The van der Waals surface area contributed by atoms with Crippen LogP contribution in [0.5, 0.6) is 0 Å². The van der Waals surface area contributed by atoms with Crippen molar-refractivity contribution in [3.8, 4) is 0 Å². The number of methoxy groups -OCH3 is 1. The van der Waals surface area contributed by atoms with Gasteiger partial charge in [0.1, 0.15) is 5.82 Å². The van der Waals surface area contributed by atoms with Crippen LogP contribution >= 0.6 is 0 Å². The van der Waals surface area contributed by atoms with Crippen molar-refractivity contribution in [2.24, 2.45) is 9.98 Å². The maximum absolute atomic E-state index is 5.36. The molecule has 120 valence electrons. The van der Waals surface area contributed by atoms with E-state index in [1.165, 1.54) is 5.57 Å². The first-order valence-electron chi connectivity index (χ1n) is 7.81. The lowest BCUT2D eigenvalue weighted by Gasteiger charge is -2.26. The van der Waals surface area contributed by atoms with Gasteiger partial charge in [0.05, 0.1) is 7.11 Å². The average Bonchev–Trinajstić information content (AvgIpc) is 2.46. The molecule has 1 aliphatic rings. The second kappa shape index (κ2) is 8.82. The molecule has 0 saturated carbocycles. The summed E-state index contributed by atoms with van der Waals surface area (Å²) < 4.78 is 5.36. The SMILES string of the molecule is CCCN(CC)C1=C(/C)CCN(C)C/C(C)=N/C(OC)=N\1. The zero-order valence-corrected chi connectivity index (χ0v) is 14.4. The number of nitrogens with zero attached hydrogens (tertiary/aromatic N) is 4. The fourth-order valence-electron chi connectivity index (χ4n) is 2.47. The molecular formula is C16H30N4O. The lowest BCUT2D eigenvalue weighted by Crippen LogP contribution is -2.29. The molecule has 0 aromatic carbocycles. The molecule has 1 rings (SSSR count). The van der Waals surface area contributed by atoms with E-state index in [1.54, 1.807) is 7.11 Å². The Morgan fingerprint density at radius 1 is 1.24 bits per heavy atom. The monoisotopic (exact) mass is 294 g/mol. The van der Waals surface area contributed by atoms with Gasteiger partial charge in [0.15, 0.2) is 0 Å². The maximum Gasteiger partial charge on any atom is 0.318 e. The number of rotatable bonds is 4. The Morgan fingerprint density at radius 3 is 2.52 bits per heavy atom. The molecule has 0 fully saturated rings. The van der Waals surface area contributed by atoms with E-state index in [4.69, 9.17) is 9.73 Å². The second-order valence-electron chi connectivity index (χ2n) is 5.62. The summed E-state index contributed by atoms with van der Waals surface area (Å²) in [6.45, 7) is 12.3. The fraction of sp³-hybridized carbons (Fsp3) is 0.750. The first-order chi connectivity index (χ1) is 10.0. The van der Waals surface area contributed by atoms with Gasteiger partial charge in [0.2, 0.25) is 0 Å². The van der Waals surface area contributed by atoms with Crippen molar-refractivity contribution in [3.05, 3.63) is 11.4 Å². The number of hydrogen-bond acceptors (Lipinski definition) is 5. The van der Waals surface area contributed by atoms with Crippen LogP contribution in [0.3, 0.4) is 0 Å². The first kappa shape index (κ1) is 17.7. The van der Waals surface area contributed by atoms with Crippen LogP contribution in [0.1, 0.15) is 40.5 Å². The Morgan fingerprint density at radius 2 is 1.95 bits per heavy atom. The quantitative estimate of drug-likeness (QED) is 0.800. The van der Waals surface area contributed by atoms with Crippen LogP contribution in [0.2, 0.25) is 0 Å². The van der Waals surface area contributed by atoms with Crippen molar-refractivity contribution in [1.82, 2.24) is 9.80 Å². The number of aliphatic imine (C=N–C) groups is 2. The number of hydrogen-bond donors (Lipinski definition) is 0. The van der Waals surface area contributed by atoms with Crippen molar-refractivity contribution in [2.45, 2.75) is 40.5 Å². The molecule has 0 N–H and O–H groups in total. The Hall–Kier alpha value is -1.36. The largest absolute Gasteiger partial charge is 0.467 e. The summed E-state index contributed by atoms with van der Waals surface area (Å²) in [5.41, 5.74) is 2.32. The van der Waals surface area contributed by atoms with Crippen LogP contribution in [0, 0.1) is 0 Å². The van der Waals surface area contributed by atoms with Crippen molar-refractivity contribution < 1.29 is 4.74 Å². The van der Waals surface area contributed by atoms with Gasteiger partial charge in [-0.15, -0.1) is 0 Å². The molecule has 0 bridgehead atoms. The highest BCUT2D eigenvalue weighted by molar-refractivity contribution is 5.94. The molecule has 0 amide bonds. The van der Waals surface area contributed by atoms with Gasteiger partial charge >= 0.3 is 6.02 Å².